The molecule has 0 amide bonds. The molecule has 2 aromatic carbocycles. The Morgan fingerprint density at radius 2 is 1.93 bits per heavy atom. The molecule has 0 aliphatic carbocycles. The van der Waals surface area contributed by atoms with Crippen LogP contribution in [0.4, 0.5) is 15.9 Å². The summed E-state index contributed by atoms with van der Waals surface area (Å²) in [6.45, 7) is 0. The van der Waals surface area contributed by atoms with Gasteiger partial charge >= 0.3 is 0 Å². The number of rotatable bonds is 4. The van der Waals surface area contributed by atoms with E-state index in [9.17, 15) is 4.39 Å². The van der Waals surface area contributed by atoms with Crippen LogP contribution in [0, 0.1) is 5.82 Å². The van der Waals surface area contributed by atoms with Gasteiger partial charge in [-0.15, -0.1) is 5.10 Å². The van der Waals surface area contributed by atoms with Crippen molar-refractivity contribution in [2.24, 2.45) is 0 Å². The molecule has 5 nitrogen and oxygen atoms in total. The van der Waals surface area contributed by atoms with E-state index in [1.54, 1.807) is 16.8 Å². The van der Waals surface area contributed by atoms with Crippen molar-refractivity contribution in [1.29, 1.82) is 0 Å². The Kier molecular flexibility index (Phi) is 4.33. The molecule has 29 heavy (non-hydrogen) atoms. The third kappa shape index (κ3) is 3.50. The zero-order chi connectivity index (χ0) is 19.8. The third-order valence-corrected chi connectivity index (χ3v) is 4.97. The number of benzene rings is 2. The number of hydrogen-bond acceptors (Lipinski definition) is 4. The van der Waals surface area contributed by atoms with Crippen molar-refractivity contribution in [1.82, 2.24) is 19.6 Å². The molecule has 0 radical (unpaired) electrons. The van der Waals surface area contributed by atoms with Crippen molar-refractivity contribution in [2.45, 2.75) is 6.42 Å². The summed E-state index contributed by atoms with van der Waals surface area (Å²) in [6.07, 6.45) is 4.30. The fourth-order valence-corrected chi connectivity index (χ4v) is 3.45. The van der Waals surface area contributed by atoms with Gasteiger partial charge in [-0.05, 0) is 54.1 Å². The molecule has 142 valence electrons. The first-order valence-corrected chi connectivity index (χ1v) is 9.43. The van der Waals surface area contributed by atoms with E-state index in [0.717, 1.165) is 27.8 Å². The number of pyridine rings is 1. The standard InChI is InChI=1S/C22H15ClFN5/c23-18-12-16(4-5-19(18)24)27-21-7-8-22-26-13-17(29(22)28-21)11-14-3-6-20-15(10-14)2-1-9-25-20/h1-10,12-13H,11H2,(H,27,28). The SMILES string of the molecule is Fc1ccc(Nc2ccc3ncc(Cc4ccc5ncccc5c4)n3n2)cc1Cl. The van der Waals surface area contributed by atoms with Crippen LogP contribution in [0.15, 0.2) is 73.1 Å². The molecule has 0 bridgehead atoms. The van der Waals surface area contributed by atoms with E-state index in [0.29, 0.717) is 17.9 Å². The molecule has 0 aliphatic heterocycles. The van der Waals surface area contributed by atoms with Gasteiger partial charge in [0.05, 0.1) is 22.4 Å². The van der Waals surface area contributed by atoms with Crippen LogP contribution >= 0.6 is 11.6 Å². The van der Waals surface area contributed by atoms with Crippen LogP contribution in [-0.4, -0.2) is 19.6 Å². The summed E-state index contributed by atoms with van der Waals surface area (Å²) < 4.78 is 15.2. The van der Waals surface area contributed by atoms with E-state index in [-0.39, 0.29) is 5.02 Å². The Hall–Kier alpha value is -3.51. The minimum Gasteiger partial charge on any atom is -0.339 e. The van der Waals surface area contributed by atoms with Crippen LogP contribution in [0.5, 0.6) is 0 Å². The minimum absolute atomic E-state index is 0.0604. The van der Waals surface area contributed by atoms with Crippen LogP contribution in [0.25, 0.3) is 16.6 Å². The monoisotopic (exact) mass is 403 g/mol. The summed E-state index contributed by atoms with van der Waals surface area (Å²) in [4.78, 5) is 8.80. The van der Waals surface area contributed by atoms with Crippen molar-refractivity contribution in [3.05, 3.63) is 95.2 Å². The van der Waals surface area contributed by atoms with Gasteiger partial charge < -0.3 is 5.32 Å². The summed E-state index contributed by atoms with van der Waals surface area (Å²) in [6, 6.07) is 18.4. The van der Waals surface area contributed by atoms with Crippen molar-refractivity contribution < 1.29 is 4.39 Å². The normalized spacial score (nSPS) is 11.2. The summed E-state index contributed by atoms with van der Waals surface area (Å²) in [7, 11) is 0. The molecule has 0 atom stereocenters. The fourth-order valence-electron chi connectivity index (χ4n) is 3.27. The number of aromatic nitrogens is 4. The first kappa shape index (κ1) is 17.6. The van der Waals surface area contributed by atoms with Gasteiger partial charge in [-0.2, -0.15) is 0 Å². The second-order valence-electron chi connectivity index (χ2n) is 6.70. The van der Waals surface area contributed by atoms with Crippen LogP contribution in [-0.2, 0) is 6.42 Å². The predicted octanol–water partition coefficient (Wildman–Crippen LogP) is 5.40. The number of anilines is 2. The van der Waals surface area contributed by atoms with Crippen molar-refractivity contribution in [3.63, 3.8) is 0 Å². The third-order valence-electron chi connectivity index (χ3n) is 4.68. The Labute approximate surface area is 170 Å². The topological polar surface area (TPSA) is 55.1 Å². The van der Waals surface area contributed by atoms with Crippen LogP contribution < -0.4 is 5.32 Å². The van der Waals surface area contributed by atoms with Gasteiger partial charge in [0, 0.05) is 23.7 Å². The van der Waals surface area contributed by atoms with E-state index in [1.165, 1.54) is 12.1 Å². The van der Waals surface area contributed by atoms with Crippen LogP contribution in [0.3, 0.4) is 0 Å². The van der Waals surface area contributed by atoms with Gasteiger partial charge in [0.1, 0.15) is 5.82 Å². The highest BCUT2D eigenvalue weighted by atomic mass is 35.5. The van der Waals surface area contributed by atoms with Crippen molar-refractivity contribution in [3.8, 4) is 0 Å². The summed E-state index contributed by atoms with van der Waals surface area (Å²) in [5, 5.41) is 8.94. The molecule has 3 heterocycles. The number of fused-ring (bicyclic) bond motifs is 2. The number of nitrogens with one attached hydrogen (secondary N) is 1. The van der Waals surface area contributed by atoms with Gasteiger partial charge in [-0.25, -0.2) is 13.9 Å². The number of halogens is 2. The molecule has 0 aliphatic rings. The lowest BCUT2D eigenvalue weighted by Crippen LogP contribution is -2.02. The average Bonchev–Trinajstić information content (AvgIpc) is 3.13. The van der Waals surface area contributed by atoms with Crippen LogP contribution in [0.1, 0.15) is 11.3 Å². The zero-order valence-corrected chi connectivity index (χ0v) is 15.9. The predicted molar refractivity (Wildman–Crippen MR) is 112 cm³/mol. The minimum atomic E-state index is -0.455. The molecule has 1 N–H and O–H groups in total. The summed E-state index contributed by atoms with van der Waals surface area (Å²) in [5.74, 6) is 0.158. The Morgan fingerprint density at radius 3 is 2.83 bits per heavy atom. The maximum absolute atomic E-state index is 13.4. The maximum atomic E-state index is 13.4. The van der Waals surface area contributed by atoms with Gasteiger partial charge in [0.25, 0.3) is 0 Å². The number of hydrogen-bond donors (Lipinski definition) is 1. The smallest absolute Gasteiger partial charge is 0.153 e. The molecule has 0 saturated heterocycles. The van der Waals surface area contributed by atoms with E-state index in [2.05, 4.69) is 38.6 Å². The highest BCUT2D eigenvalue weighted by Crippen LogP contribution is 2.23. The van der Waals surface area contributed by atoms with E-state index >= 15 is 0 Å². The van der Waals surface area contributed by atoms with Gasteiger partial charge in [0.2, 0.25) is 0 Å². The highest BCUT2D eigenvalue weighted by molar-refractivity contribution is 6.31. The Balaban J connectivity index is 1.46. The number of nitrogens with zero attached hydrogens (tertiary/aromatic N) is 4. The van der Waals surface area contributed by atoms with E-state index in [4.69, 9.17) is 11.6 Å². The summed E-state index contributed by atoms with van der Waals surface area (Å²) in [5.41, 5.74) is 4.50. The molecular weight excluding hydrogens is 389 g/mol. The average molecular weight is 404 g/mol. The van der Waals surface area contributed by atoms with Gasteiger partial charge in [-0.3, -0.25) is 4.98 Å². The second-order valence-corrected chi connectivity index (χ2v) is 7.11. The van der Waals surface area contributed by atoms with Gasteiger partial charge in [0.15, 0.2) is 11.5 Å². The lowest BCUT2D eigenvalue weighted by molar-refractivity contribution is 0.628. The maximum Gasteiger partial charge on any atom is 0.153 e. The lowest BCUT2D eigenvalue weighted by atomic mass is 10.1. The van der Waals surface area contributed by atoms with E-state index in [1.807, 2.05) is 30.5 Å². The molecule has 0 spiro atoms. The van der Waals surface area contributed by atoms with Crippen molar-refractivity contribution in [2.75, 3.05) is 5.32 Å². The first-order valence-electron chi connectivity index (χ1n) is 9.05. The molecule has 5 aromatic rings. The molecule has 3 aromatic heterocycles. The molecule has 0 saturated carbocycles. The Morgan fingerprint density at radius 1 is 1.00 bits per heavy atom. The first-order chi connectivity index (χ1) is 14.2. The van der Waals surface area contributed by atoms with Crippen LogP contribution in [0.2, 0.25) is 5.02 Å². The largest absolute Gasteiger partial charge is 0.339 e. The molecule has 7 heteroatoms. The second kappa shape index (κ2) is 7.14. The molecule has 0 fully saturated rings. The quantitative estimate of drug-likeness (QED) is 0.436. The molecule has 0 unspecified atom stereocenters. The van der Waals surface area contributed by atoms with Crippen molar-refractivity contribution >= 4 is 39.7 Å². The molecular formula is C22H15ClFN5. The van der Waals surface area contributed by atoms with Gasteiger partial charge in [-0.1, -0.05) is 23.7 Å². The Bertz CT molecular complexity index is 1350. The lowest BCUT2D eigenvalue weighted by Gasteiger charge is -2.08. The van der Waals surface area contributed by atoms with E-state index < -0.39 is 5.82 Å². The molecule has 5 rings (SSSR count). The highest BCUT2D eigenvalue weighted by Gasteiger charge is 2.09. The summed E-state index contributed by atoms with van der Waals surface area (Å²) >= 11 is 5.86. The number of imidazole rings is 1. The fraction of sp³-hybridized carbons (Fsp3) is 0.0455. The zero-order valence-electron chi connectivity index (χ0n) is 15.2.